The van der Waals surface area contributed by atoms with Gasteiger partial charge in [-0.2, -0.15) is 0 Å². The SMILES string of the molecule is C.CCN(CC)C(=O)c1ccc(C2CC3(CCNCC3)Oc3ccc(F)cc32)c(O)c1. The zero-order valence-corrected chi connectivity index (χ0v) is 17.6. The molecule has 0 saturated carbocycles. The number of amides is 1. The Kier molecular flexibility index (Phi) is 6.90. The first kappa shape index (κ1) is 23.1. The van der Waals surface area contributed by atoms with Gasteiger partial charge in [0.25, 0.3) is 5.91 Å². The van der Waals surface area contributed by atoms with Crippen molar-refractivity contribution in [2.75, 3.05) is 26.2 Å². The number of phenols is 1. The molecule has 31 heavy (non-hydrogen) atoms. The van der Waals surface area contributed by atoms with Gasteiger partial charge in [0.2, 0.25) is 0 Å². The molecule has 1 saturated heterocycles. The second kappa shape index (κ2) is 9.27. The topological polar surface area (TPSA) is 61.8 Å². The maximum atomic E-state index is 14.1. The van der Waals surface area contributed by atoms with E-state index in [1.807, 2.05) is 19.9 Å². The summed E-state index contributed by atoms with van der Waals surface area (Å²) in [7, 11) is 0. The third-order valence-corrected chi connectivity index (χ3v) is 6.47. The number of fused-ring (bicyclic) bond motifs is 1. The number of aromatic hydroxyl groups is 1. The van der Waals surface area contributed by atoms with Gasteiger partial charge in [-0.1, -0.05) is 13.5 Å². The molecule has 2 aliphatic heterocycles. The lowest BCUT2D eigenvalue weighted by Crippen LogP contribution is -2.49. The molecule has 1 atom stereocenters. The van der Waals surface area contributed by atoms with E-state index in [9.17, 15) is 14.3 Å². The van der Waals surface area contributed by atoms with Gasteiger partial charge >= 0.3 is 0 Å². The van der Waals surface area contributed by atoms with Crippen molar-refractivity contribution in [3.63, 3.8) is 0 Å². The first-order valence-corrected chi connectivity index (χ1v) is 10.8. The summed E-state index contributed by atoms with van der Waals surface area (Å²) < 4.78 is 20.5. The standard InChI is InChI=1S/C24H29FN2O3.CH4/c1-3-27(4-2)23(29)16-5-7-18(21(28)13-16)20-15-24(9-11-26-12-10-24)30-22-8-6-17(25)14-19(20)22;/h5-8,13-14,20,26,28H,3-4,9-12,15H2,1-2H3;1H4. The third kappa shape index (κ3) is 4.40. The molecule has 5 nitrogen and oxygen atoms in total. The van der Waals surface area contributed by atoms with Crippen molar-refractivity contribution in [2.24, 2.45) is 0 Å². The minimum absolute atomic E-state index is 0. The molecular weight excluding hydrogens is 395 g/mol. The highest BCUT2D eigenvalue weighted by Crippen LogP contribution is 2.49. The summed E-state index contributed by atoms with van der Waals surface area (Å²) in [6, 6.07) is 9.73. The summed E-state index contributed by atoms with van der Waals surface area (Å²) in [5.74, 6) is 0.128. The average molecular weight is 429 g/mol. The first-order chi connectivity index (χ1) is 14.5. The van der Waals surface area contributed by atoms with Crippen molar-refractivity contribution in [1.29, 1.82) is 0 Å². The molecule has 0 radical (unpaired) electrons. The predicted molar refractivity (Wildman–Crippen MR) is 120 cm³/mol. The maximum Gasteiger partial charge on any atom is 0.253 e. The Labute approximate surface area is 184 Å². The molecule has 0 aliphatic carbocycles. The average Bonchev–Trinajstić information content (AvgIpc) is 2.75. The van der Waals surface area contributed by atoms with Crippen LogP contribution < -0.4 is 10.1 Å². The van der Waals surface area contributed by atoms with Crippen molar-refractivity contribution >= 4 is 5.91 Å². The summed E-state index contributed by atoms with van der Waals surface area (Å²) in [6.07, 6.45) is 2.39. The van der Waals surface area contributed by atoms with Gasteiger partial charge in [-0.3, -0.25) is 4.79 Å². The fourth-order valence-electron chi connectivity index (χ4n) is 4.77. The van der Waals surface area contributed by atoms with E-state index in [2.05, 4.69) is 5.32 Å². The summed E-state index contributed by atoms with van der Waals surface area (Å²) in [4.78, 5) is 14.4. The van der Waals surface area contributed by atoms with E-state index in [0.717, 1.165) is 31.5 Å². The second-order valence-electron chi connectivity index (χ2n) is 8.22. The minimum atomic E-state index is -0.330. The highest BCUT2D eigenvalue weighted by molar-refractivity contribution is 5.94. The number of phenolic OH excluding ortho intramolecular Hbond substituents is 1. The van der Waals surface area contributed by atoms with Crippen LogP contribution in [0.2, 0.25) is 0 Å². The number of hydrogen-bond donors (Lipinski definition) is 2. The molecular formula is C25H33FN2O3. The van der Waals surface area contributed by atoms with Crippen LogP contribution in [0.4, 0.5) is 4.39 Å². The van der Waals surface area contributed by atoms with E-state index in [4.69, 9.17) is 4.74 Å². The van der Waals surface area contributed by atoms with Crippen LogP contribution in [0.1, 0.15) is 67.9 Å². The van der Waals surface area contributed by atoms with Gasteiger partial charge in [-0.25, -0.2) is 4.39 Å². The summed E-state index contributed by atoms with van der Waals surface area (Å²) in [5.41, 5.74) is 1.59. The van der Waals surface area contributed by atoms with Crippen LogP contribution in [0.3, 0.4) is 0 Å². The van der Waals surface area contributed by atoms with Crippen molar-refractivity contribution in [3.8, 4) is 11.5 Å². The number of rotatable bonds is 4. The Bertz CT molecular complexity index is 936. The molecule has 2 aromatic rings. The van der Waals surface area contributed by atoms with E-state index in [-0.39, 0.29) is 36.4 Å². The van der Waals surface area contributed by atoms with Gasteiger partial charge in [-0.15, -0.1) is 0 Å². The monoisotopic (exact) mass is 428 g/mol. The molecule has 4 rings (SSSR count). The van der Waals surface area contributed by atoms with Crippen molar-refractivity contribution < 1.29 is 19.0 Å². The smallest absolute Gasteiger partial charge is 0.253 e. The Morgan fingerprint density at radius 3 is 2.52 bits per heavy atom. The molecule has 1 fully saturated rings. The van der Waals surface area contributed by atoms with Gasteiger partial charge in [0, 0.05) is 35.7 Å². The fraction of sp³-hybridized carbons (Fsp3) is 0.480. The van der Waals surface area contributed by atoms with Gasteiger partial charge in [0.15, 0.2) is 0 Å². The molecule has 1 amide bonds. The van der Waals surface area contributed by atoms with Gasteiger partial charge in [-0.05, 0) is 76.5 Å². The third-order valence-electron chi connectivity index (χ3n) is 6.47. The number of nitrogens with one attached hydrogen (secondary N) is 1. The molecule has 2 aromatic carbocycles. The van der Waals surface area contributed by atoms with Crippen molar-refractivity contribution in [2.45, 2.75) is 52.1 Å². The van der Waals surface area contributed by atoms with Crippen LogP contribution in [-0.4, -0.2) is 47.7 Å². The zero-order valence-electron chi connectivity index (χ0n) is 17.6. The van der Waals surface area contributed by atoms with E-state index in [1.165, 1.54) is 12.1 Å². The van der Waals surface area contributed by atoms with E-state index in [1.54, 1.807) is 23.1 Å². The predicted octanol–water partition coefficient (Wildman–Crippen LogP) is 4.69. The van der Waals surface area contributed by atoms with Crippen LogP contribution >= 0.6 is 0 Å². The molecule has 2 N–H and O–H groups in total. The molecule has 2 heterocycles. The summed E-state index contributed by atoms with van der Waals surface area (Å²) in [5, 5.41) is 14.2. The lowest BCUT2D eigenvalue weighted by atomic mass is 9.74. The van der Waals surface area contributed by atoms with Gasteiger partial charge in [0.1, 0.15) is 22.9 Å². The Morgan fingerprint density at radius 2 is 1.87 bits per heavy atom. The maximum absolute atomic E-state index is 14.1. The van der Waals surface area contributed by atoms with Crippen LogP contribution in [0.25, 0.3) is 0 Å². The zero-order chi connectivity index (χ0) is 21.3. The summed E-state index contributed by atoms with van der Waals surface area (Å²) in [6.45, 7) is 6.82. The second-order valence-corrected chi connectivity index (χ2v) is 8.22. The van der Waals surface area contributed by atoms with Crippen LogP contribution in [0.5, 0.6) is 11.5 Å². The highest BCUT2D eigenvalue weighted by atomic mass is 19.1. The number of nitrogens with zero attached hydrogens (tertiary/aromatic N) is 1. The molecule has 0 bridgehead atoms. The molecule has 1 unspecified atom stereocenters. The number of piperidine rings is 1. The van der Waals surface area contributed by atoms with Gasteiger partial charge < -0.3 is 20.1 Å². The molecule has 6 heteroatoms. The number of carbonyl (C=O) groups excluding carboxylic acids is 1. The van der Waals surface area contributed by atoms with E-state index in [0.29, 0.717) is 36.4 Å². The number of hydrogen-bond acceptors (Lipinski definition) is 4. The normalized spacial score (nSPS) is 19.1. The number of halogens is 1. The van der Waals surface area contributed by atoms with E-state index < -0.39 is 0 Å². The fourth-order valence-corrected chi connectivity index (χ4v) is 4.77. The minimum Gasteiger partial charge on any atom is -0.508 e. The Balaban J connectivity index is 0.00000272. The number of carbonyl (C=O) groups is 1. The highest BCUT2D eigenvalue weighted by Gasteiger charge is 2.43. The lowest BCUT2D eigenvalue weighted by molar-refractivity contribution is 0.0110. The van der Waals surface area contributed by atoms with Crippen molar-refractivity contribution in [1.82, 2.24) is 10.2 Å². The first-order valence-electron chi connectivity index (χ1n) is 10.8. The quantitative estimate of drug-likeness (QED) is 0.742. The molecule has 1 spiro atoms. The molecule has 2 aliphatic rings. The number of benzene rings is 2. The van der Waals surface area contributed by atoms with E-state index >= 15 is 0 Å². The molecule has 168 valence electrons. The van der Waals surface area contributed by atoms with Crippen molar-refractivity contribution in [3.05, 3.63) is 58.9 Å². The van der Waals surface area contributed by atoms with Crippen LogP contribution in [0.15, 0.2) is 36.4 Å². The summed E-state index contributed by atoms with van der Waals surface area (Å²) >= 11 is 0. The number of ether oxygens (including phenoxy) is 1. The lowest BCUT2D eigenvalue weighted by Gasteiger charge is -2.45. The Hall–Kier alpha value is -2.60. The largest absolute Gasteiger partial charge is 0.508 e. The van der Waals surface area contributed by atoms with Crippen LogP contribution in [0, 0.1) is 5.82 Å². The molecule has 0 aromatic heterocycles. The van der Waals surface area contributed by atoms with Gasteiger partial charge in [0.05, 0.1) is 0 Å². The Morgan fingerprint density at radius 1 is 1.16 bits per heavy atom. The van der Waals surface area contributed by atoms with Crippen LogP contribution in [-0.2, 0) is 0 Å².